The van der Waals surface area contributed by atoms with Crippen LogP contribution in [-0.2, 0) is 9.59 Å². The van der Waals surface area contributed by atoms with Gasteiger partial charge >= 0.3 is 0 Å². The Morgan fingerprint density at radius 2 is 1.80 bits per heavy atom. The van der Waals surface area contributed by atoms with Gasteiger partial charge in [0.1, 0.15) is 18.1 Å². The average Bonchev–Trinajstić information content (AvgIpc) is 3.28. The average molecular weight is 569 g/mol. The number of hydrogen-bond donors (Lipinski definition) is 1. The summed E-state index contributed by atoms with van der Waals surface area (Å²) in [5.74, 6) is 1.51. The molecule has 1 aromatic heterocycles. The number of aryl methyl sites for hydroxylation is 2. The van der Waals surface area contributed by atoms with Crippen LogP contribution in [0, 0.1) is 19.8 Å². The molecule has 8 heteroatoms. The molecule has 4 aromatic rings. The van der Waals surface area contributed by atoms with Gasteiger partial charge in [-0.3, -0.25) is 14.5 Å². The molecular formula is C33H36N4O3S. The molecule has 41 heavy (non-hydrogen) atoms. The lowest BCUT2D eigenvalue weighted by molar-refractivity contribution is -0.123. The van der Waals surface area contributed by atoms with Crippen molar-refractivity contribution in [3.05, 3.63) is 95.1 Å². The normalized spacial score (nSPS) is 15.0. The van der Waals surface area contributed by atoms with Gasteiger partial charge in [0.15, 0.2) is 0 Å². The SMILES string of the molecule is COc1ccccc1C1SCC(=O)N(CC(=O)NCC(C)C)c2c1c(-c1ccccc1)nn2-c1ccc(C)cc1C. The first-order chi connectivity index (χ1) is 19.8. The minimum atomic E-state index is -0.261. The molecule has 3 aromatic carbocycles. The second kappa shape index (κ2) is 12.2. The molecule has 0 saturated heterocycles. The zero-order valence-electron chi connectivity index (χ0n) is 24.2. The summed E-state index contributed by atoms with van der Waals surface area (Å²) in [7, 11) is 1.66. The number of aromatic nitrogens is 2. The van der Waals surface area contributed by atoms with Crippen LogP contribution in [0.25, 0.3) is 16.9 Å². The van der Waals surface area contributed by atoms with E-state index in [2.05, 4.69) is 18.3 Å². The molecule has 0 bridgehead atoms. The Morgan fingerprint density at radius 3 is 2.51 bits per heavy atom. The highest BCUT2D eigenvalue weighted by Gasteiger charge is 2.38. The first kappa shape index (κ1) is 28.5. The quantitative estimate of drug-likeness (QED) is 0.278. The molecule has 2 amide bonds. The summed E-state index contributed by atoms with van der Waals surface area (Å²) in [6, 6.07) is 24.1. The maximum atomic E-state index is 13.9. The Hall–Kier alpha value is -4.04. The molecule has 0 spiro atoms. The lowest BCUT2D eigenvalue weighted by Gasteiger charge is -2.24. The van der Waals surface area contributed by atoms with E-state index in [0.29, 0.717) is 18.3 Å². The number of carbonyl (C=O) groups is 2. The first-order valence-corrected chi connectivity index (χ1v) is 14.9. The van der Waals surface area contributed by atoms with Crippen LogP contribution in [-0.4, -0.2) is 47.5 Å². The third kappa shape index (κ3) is 5.88. The van der Waals surface area contributed by atoms with Gasteiger partial charge in [-0.1, -0.05) is 80.1 Å². The predicted octanol–water partition coefficient (Wildman–Crippen LogP) is 6.11. The van der Waals surface area contributed by atoms with Crippen molar-refractivity contribution in [3.63, 3.8) is 0 Å². The van der Waals surface area contributed by atoms with E-state index in [1.807, 2.05) is 92.2 Å². The van der Waals surface area contributed by atoms with Crippen molar-refractivity contribution < 1.29 is 14.3 Å². The third-order valence-electron chi connectivity index (χ3n) is 7.15. The monoisotopic (exact) mass is 568 g/mol. The zero-order chi connectivity index (χ0) is 29.1. The van der Waals surface area contributed by atoms with E-state index >= 15 is 0 Å². The van der Waals surface area contributed by atoms with Crippen LogP contribution in [0.5, 0.6) is 5.75 Å². The summed E-state index contributed by atoms with van der Waals surface area (Å²) < 4.78 is 7.65. The van der Waals surface area contributed by atoms with Gasteiger partial charge in [-0.25, -0.2) is 4.68 Å². The van der Waals surface area contributed by atoms with Crippen molar-refractivity contribution in [2.24, 2.45) is 5.92 Å². The molecule has 0 saturated carbocycles. The number of benzene rings is 3. The number of amides is 2. The highest BCUT2D eigenvalue weighted by atomic mass is 32.2. The number of anilines is 1. The number of nitrogens with one attached hydrogen (secondary N) is 1. The van der Waals surface area contributed by atoms with Crippen molar-refractivity contribution in [3.8, 4) is 22.7 Å². The van der Waals surface area contributed by atoms with E-state index < -0.39 is 0 Å². The summed E-state index contributed by atoms with van der Waals surface area (Å²) >= 11 is 1.53. The van der Waals surface area contributed by atoms with Gasteiger partial charge in [0.2, 0.25) is 11.8 Å². The number of thioether (sulfide) groups is 1. The number of methoxy groups -OCH3 is 1. The molecule has 0 fully saturated rings. The Kier molecular flexibility index (Phi) is 8.49. The second-order valence-corrected chi connectivity index (χ2v) is 11.9. The topological polar surface area (TPSA) is 76.5 Å². The predicted molar refractivity (Wildman–Crippen MR) is 166 cm³/mol. The Balaban J connectivity index is 1.81. The number of rotatable bonds is 8. The smallest absolute Gasteiger partial charge is 0.240 e. The molecule has 1 unspecified atom stereocenters. The fourth-order valence-corrected chi connectivity index (χ4v) is 6.41. The van der Waals surface area contributed by atoms with Crippen molar-refractivity contribution in [1.82, 2.24) is 15.1 Å². The second-order valence-electron chi connectivity index (χ2n) is 10.8. The minimum Gasteiger partial charge on any atom is -0.496 e. The van der Waals surface area contributed by atoms with Gasteiger partial charge in [0, 0.05) is 23.2 Å². The summed E-state index contributed by atoms with van der Waals surface area (Å²) in [5.41, 5.74) is 6.57. The standard InChI is InChI=1S/C33H36N4O3S/c1-21(2)18-34-28(38)19-36-29(39)20-41-32(25-13-9-10-14-27(25)40-5)30-31(24-11-7-6-8-12-24)35-37(33(30)36)26-16-15-22(3)17-23(26)4/h6-17,21,32H,18-20H2,1-5H3,(H,34,38). The number of ether oxygens (including phenoxy) is 1. The van der Waals surface area contributed by atoms with Crippen molar-refractivity contribution in [2.45, 2.75) is 32.9 Å². The highest BCUT2D eigenvalue weighted by molar-refractivity contribution is 8.00. The van der Waals surface area contributed by atoms with Crippen molar-refractivity contribution in [1.29, 1.82) is 0 Å². The molecule has 1 aliphatic heterocycles. The fourth-order valence-electron chi connectivity index (χ4n) is 5.19. The van der Waals surface area contributed by atoms with Crippen LogP contribution in [0.4, 0.5) is 5.82 Å². The van der Waals surface area contributed by atoms with Crippen LogP contribution in [0.15, 0.2) is 72.8 Å². The molecule has 2 heterocycles. The first-order valence-electron chi connectivity index (χ1n) is 13.9. The molecule has 0 aliphatic carbocycles. The van der Waals surface area contributed by atoms with Gasteiger partial charge in [-0.15, -0.1) is 11.8 Å². The molecule has 1 aliphatic rings. The van der Waals surface area contributed by atoms with Crippen LogP contribution in [0.1, 0.15) is 41.4 Å². The molecule has 5 rings (SSSR count). The van der Waals surface area contributed by atoms with Crippen molar-refractivity contribution in [2.75, 3.05) is 30.9 Å². The number of hydrogen-bond acceptors (Lipinski definition) is 5. The van der Waals surface area contributed by atoms with Gasteiger partial charge in [-0.2, -0.15) is 5.10 Å². The number of para-hydroxylation sites is 1. The summed E-state index contributed by atoms with van der Waals surface area (Å²) in [6.07, 6.45) is 0. The van der Waals surface area contributed by atoms with Gasteiger partial charge in [0.05, 0.1) is 29.5 Å². The van der Waals surface area contributed by atoms with E-state index in [0.717, 1.165) is 44.9 Å². The largest absolute Gasteiger partial charge is 0.496 e. The van der Waals surface area contributed by atoms with E-state index in [4.69, 9.17) is 9.84 Å². The Bertz CT molecular complexity index is 1560. The summed E-state index contributed by atoms with van der Waals surface area (Å²) in [4.78, 5) is 28.7. The van der Waals surface area contributed by atoms with Gasteiger partial charge in [-0.05, 0) is 37.5 Å². The Labute approximate surface area is 245 Å². The number of fused-ring (bicyclic) bond motifs is 1. The third-order valence-corrected chi connectivity index (χ3v) is 8.38. The lowest BCUT2D eigenvalue weighted by atomic mass is 9.99. The van der Waals surface area contributed by atoms with Crippen molar-refractivity contribution >= 4 is 29.4 Å². The van der Waals surface area contributed by atoms with Crippen LogP contribution in [0.3, 0.4) is 0 Å². The van der Waals surface area contributed by atoms with Crippen LogP contribution in [0.2, 0.25) is 0 Å². The summed E-state index contributed by atoms with van der Waals surface area (Å²) in [6.45, 7) is 8.64. The van der Waals surface area contributed by atoms with E-state index in [9.17, 15) is 9.59 Å². The minimum absolute atomic E-state index is 0.0947. The summed E-state index contributed by atoms with van der Waals surface area (Å²) in [5, 5.41) is 7.93. The molecule has 7 nitrogen and oxygen atoms in total. The maximum Gasteiger partial charge on any atom is 0.240 e. The van der Waals surface area contributed by atoms with Gasteiger partial charge < -0.3 is 10.1 Å². The molecule has 0 radical (unpaired) electrons. The van der Waals surface area contributed by atoms with Gasteiger partial charge in [0.25, 0.3) is 0 Å². The van der Waals surface area contributed by atoms with E-state index in [1.165, 1.54) is 11.8 Å². The molecule has 1 atom stereocenters. The number of nitrogens with zero attached hydrogens (tertiary/aromatic N) is 3. The molecule has 1 N–H and O–H groups in total. The van der Waals surface area contributed by atoms with E-state index in [-0.39, 0.29) is 29.4 Å². The maximum absolute atomic E-state index is 13.9. The van der Waals surface area contributed by atoms with Crippen LogP contribution >= 0.6 is 11.8 Å². The lowest BCUT2D eigenvalue weighted by Crippen LogP contribution is -2.43. The Morgan fingerprint density at radius 1 is 1.07 bits per heavy atom. The molecular weight excluding hydrogens is 532 g/mol. The highest BCUT2D eigenvalue weighted by Crippen LogP contribution is 2.50. The fraction of sp³-hybridized carbons (Fsp3) is 0.303. The number of carbonyl (C=O) groups excluding carboxylic acids is 2. The molecule has 212 valence electrons. The van der Waals surface area contributed by atoms with Crippen LogP contribution < -0.4 is 15.0 Å². The van der Waals surface area contributed by atoms with E-state index in [1.54, 1.807) is 12.0 Å². The zero-order valence-corrected chi connectivity index (χ0v) is 25.0.